The summed E-state index contributed by atoms with van der Waals surface area (Å²) in [6.07, 6.45) is 0. The normalized spacial score (nSPS) is 12.1. The Morgan fingerprint density at radius 2 is 1.92 bits per heavy atom. The van der Waals surface area contributed by atoms with Crippen molar-refractivity contribution in [3.8, 4) is 11.5 Å². The van der Waals surface area contributed by atoms with E-state index in [9.17, 15) is 9.59 Å². The van der Waals surface area contributed by atoms with Gasteiger partial charge in [-0.25, -0.2) is 4.79 Å². The standard InChI is InChI=1S/C19H21NO6/c1-4-20(9-14-5-6-16-17(8-14)25-11-24-16)18(21)10-23-19(22)15-7-12(2)26-13(15)3/h5-8H,4,9-11H2,1-3H3. The topological polar surface area (TPSA) is 78.2 Å². The first-order valence-electron chi connectivity index (χ1n) is 8.38. The van der Waals surface area contributed by atoms with Crippen molar-refractivity contribution in [3.63, 3.8) is 0 Å². The second-order valence-electron chi connectivity index (χ2n) is 6.00. The van der Waals surface area contributed by atoms with Gasteiger partial charge in [-0.05, 0) is 44.5 Å². The molecule has 0 saturated carbocycles. The number of carbonyl (C=O) groups is 2. The molecule has 2 heterocycles. The maximum Gasteiger partial charge on any atom is 0.342 e. The Balaban J connectivity index is 1.58. The van der Waals surface area contributed by atoms with Gasteiger partial charge in [0, 0.05) is 13.1 Å². The number of fused-ring (bicyclic) bond motifs is 1. The van der Waals surface area contributed by atoms with Crippen LogP contribution in [0.4, 0.5) is 0 Å². The van der Waals surface area contributed by atoms with E-state index in [1.54, 1.807) is 24.8 Å². The quantitative estimate of drug-likeness (QED) is 0.738. The molecule has 1 amide bonds. The summed E-state index contributed by atoms with van der Waals surface area (Å²) >= 11 is 0. The zero-order valence-electron chi connectivity index (χ0n) is 15.0. The van der Waals surface area contributed by atoms with Crippen molar-refractivity contribution < 1.29 is 28.2 Å². The van der Waals surface area contributed by atoms with Gasteiger partial charge < -0.3 is 23.5 Å². The van der Waals surface area contributed by atoms with Crippen LogP contribution >= 0.6 is 0 Å². The van der Waals surface area contributed by atoms with Crippen LogP contribution in [0.2, 0.25) is 0 Å². The Hall–Kier alpha value is -2.96. The number of ether oxygens (including phenoxy) is 3. The lowest BCUT2D eigenvalue weighted by molar-refractivity contribution is -0.134. The van der Waals surface area contributed by atoms with Crippen molar-refractivity contribution in [2.45, 2.75) is 27.3 Å². The van der Waals surface area contributed by atoms with E-state index in [4.69, 9.17) is 18.6 Å². The number of aryl methyl sites for hydroxylation is 2. The highest BCUT2D eigenvalue weighted by molar-refractivity contribution is 5.92. The lowest BCUT2D eigenvalue weighted by atomic mass is 10.2. The summed E-state index contributed by atoms with van der Waals surface area (Å²) in [6, 6.07) is 7.15. The predicted octanol–water partition coefficient (Wildman–Crippen LogP) is 2.83. The first-order chi connectivity index (χ1) is 12.5. The monoisotopic (exact) mass is 359 g/mol. The molecule has 2 aromatic rings. The molecule has 0 saturated heterocycles. The molecule has 0 fully saturated rings. The molecule has 0 spiro atoms. The van der Waals surface area contributed by atoms with Crippen LogP contribution in [0.5, 0.6) is 11.5 Å². The van der Waals surface area contributed by atoms with Crippen LogP contribution in [0.3, 0.4) is 0 Å². The van der Waals surface area contributed by atoms with E-state index in [1.807, 2.05) is 25.1 Å². The van der Waals surface area contributed by atoms with Crippen LogP contribution in [0.25, 0.3) is 0 Å². The van der Waals surface area contributed by atoms with Crippen LogP contribution in [-0.4, -0.2) is 36.7 Å². The molecule has 0 unspecified atom stereocenters. The van der Waals surface area contributed by atoms with Gasteiger partial charge in [-0.15, -0.1) is 0 Å². The molecular formula is C19H21NO6. The van der Waals surface area contributed by atoms with Gasteiger partial charge >= 0.3 is 5.97 Å². The number of esters is 1. The molecule has 0 bridgehead atoms. The van der Waals surface area contributed by atoms with E-state index < -0.39 is 5.97 Å². The van der Waals surface area contributed by atoms with E-state index >= 15 is 0 Å². The van der Waals surface area contributed by atoms with Crippen LogP contribution in [0.15, 0.2) is 28.7 Å². The molecule has 3 rings (SSSR count). The van der Waals surface area contributed by atoms with Crippen LogP contribution < -0.4 is 9.47 Å². The second kappa shape index (κ2) is 7.51. The number of rotatable bonds is 6. The SMILES string of the molecule is CCN(Cc1ccc2c(c1)OCO2)C(=O)COC(=O)c1cc(C)oc1C. The van der Waals surface area contributed by atoms with Crippen molar-refractivity contribution in [3.05, 3.63) is 46.9 Å². The summed E-state index contributed by atoms with van der Waals surface area (Å²) in [7, 11) is 0. The number of amides is 1. The molecule has 26 heavy (non-hydrogen) atoms. The third kappa shape index (κ3) is 3.82. The summed E-state index contributed by atoms with van der Waals surface area (Å²) in [5, 5.41) is 0. The van der Waals surface area contributed by atoms with Gasteiger partial charge in [-0.2, -0.15) is 0 Å². The molecule has 7 heteroatoms. The molecule has 1 aromatic carbocycles. The maximum absolute atomic E-state index is 12.4. The van der Waals surface area contributed by atoms with Gasteiger partial charge in [-0.3, -0.25) is 4.79 Å². The molecule has 0 N–H and O–H groups in total. The largest absolute Gasteiger partial charge is 0.466 e. The Morgan fingerprint density at radius 1 is 1.15 bits per heavy atom. The molecule has 0 aliphatic carbocycles. The molecule has 0 atom stereocenters. The maximum atomic E-state index is 12.4. The highest BCUT2D eigenvalue weighted by Gasteiger charge is 2.20. The second-order valence-corrected chi connectivity index (χ2v) is 6.00. The summed E-state index contributed by atoms with van der Waals surface area (Å²) in [6.45, 7) is 6.08. The van der Waals surface area contributed by atoms with Gasteiger partial charge in [0.25, 0.3) is 5.91 Å². The smallest absolute Gasteiger partial charge is 0.342 e. The highest BCUT2D eigenvalue weighted by atomic mass is 16.7. The van der Waals surface area contributed by atoms with Crippen LogP contribution in [0, 0.1) is 13.8 Å². The molecule has 0 radical (unpaired) electrons. The molecule has 7 nitrogen and oxygen atoms in total. The molecule has 1 aliphatic rings. The van der Waals surface area contributed by atoms with E-state index in [0.29, 0.717) is 41.7 Å². The van der Waals surface area contributed by atoms with Crippen molar-refractivity contribution in [2.75, 3.05) is 19.9 Å². The summed E-state index contributed by atoms with van der Waals surface area (Å²) in [5.74, 6) is 1.64. The van der Waals surface area contributed by atoms with Crippen LogP contribution in [-0.2, 0) is 16.1 Å². The van der Waals surface area contributed by atoms with Crippen molar-refractivity contribution in [1.82, 2.24) is 4.90 Å². The average Bonchev–Trinajstić information content (AvgIpc) is 3.22. The number of nitrogens with zero attached hydrogens (tertiary/aromatic N) is 1. The fourth-order valence-electron chi connectivity index (χ4n) is 2.77. The van der Waals surface area contributed by atoms with E-state index in [0.717, 1.165) is 5.56 Å². The summed E-state index contributed by atoms with van der Waals surface area (Å²) < 4.78 is 21.1. The van der Waals surface area contributed by atoms with Gasteiger partial charge in [0.05, 0.1) is 0 Å². The zero-order chi connectivity index (χ0) is 18.7. The van der Waals surface area contributed by atoms with E-state index in [-0.39, 0.29) is 19.3 Å². The van der Waals surface area contributed by atoms with Gasteiger partial charge in [0.2, 0.25) is 6.79 Å². The zero-order valence-corrected chi connectivity index (χ0v) is 15.0. The Morgan fingerprint density at radius 3 is 2.62 bits per heavy atom. The third-order valence-electron chi connectivity index (χ3n) is 4.13. The Bertz CT molecular complexity index is 825. The lowest BCUT2D eigenvalue weighted by Gasteiger charge is -2.21. The van der Waals surface area contributed by atoms with Crippen LogP contribution in [0.1, 0.15) is 34.4 Å². The molecule has 1 aromatic heterocycles. The number of hydrogen-bond donors (Lipinski definition) is 0. The minimum Gasteiger partial charge on any atom is -0.466 e. The van der Waals surface area contributed by atoms with Gasteiger partial charge in [0.15, 0.2) is 18.1 Å². The first-order valence-corrected chi connectivity index (χ1v) is 8.38. The average molecular weight is 359 g/mol. The number of benzene rings is 1. The summed E-state index contributed by atoms with van der Waals surface area (Å²) in [5.41, 5.74) is 1.26. The number of carbonyl (C=O) groups excluding carboxylic acids is 2. The fraction of sp³-hybridized carbons (Fsp3) is 0.368. The Labute approximate surface area is 151 Å². The number of furan rings is 1. The number of likely N-dealkylation sites (N-methyl/N-ethyl adjacent to an activating group) is 1. The number of hydrogen-bond acceptors (Lipinski definition) is 6. The minimum absolute atomic E-state index is 0.206. The summed E-state index contributed by atoms with van der Waals surface area (Å²) in [4.78, 5) is 26.1. The fourth-order valence-corrected chi connectivity index (χ4v) is 2.77. The van der Waals surface area contributed by atoms with E-state index in [1.165, 1.54) is 0 Å². The highest BCUT2D eigenvalue weighted by Crippen LogP contribution is 2.32. The van der Waals surface area contributed by atoms with E-state index in [2.05, 4.69) is 0 Å². The van der Waals surface area contributed by atoms with Gasteiger partial charge in [0.1, 0.15) is 17.1 Å². The van der Waals surface area contributed by atoms with Gasteiger partial charge in [-0.1, -0.05) is 6.07 Å². The first kappa shape index (κ1) is 17.8. The molecule has 138 valence electrons. The third-order valence-corrected chi connectivity index (χ3v) is 4.13. The molecular weight excluding hydrogens is 338 g/mol. The van der Waals surface area contributed by atoms with Crippen molar-refractivity contribution in [2.24, 2.45) is 0 Å². The minimum atomic E-state index is -0.563. The predicted molar refractivity (Wildman–Crippen MR) is 92.1 cm³/mol. The van der Waals surface area contributed by atoms with Crippen molar-refractivity contribution >= 4 is 11.9 Å². The Kier molecular flexibility index (Phi) is 5.16. The lowest BCUT2D eigenvalue weighted by Crippen LogP contribution is -2.34. The molecule has 1 aliphatic heterocycles. The van der Waals surface area contributed by atoms with Crippen molar-refractivity contribution in [1.29, 1.82) is 0 Å².